The third kappa shape index (κ3) is 11.7. The van der Waals surface area contributed by atoms with Gasteiger partial charge in [-0.1, -0.05) is 45.1 Å². The van der Waals surface area contributed by atoms with E-state index in [0.29, 0.717) is 22.4 Å². The van der Waals surface area contributed by atoms with Crippen LogP contribution in [0.4, 0.5) is 5.69 Å². The number of anilines is 1. The first-order valence-electron chi connectivity index (χ1n) is 16.4. The number of ether oxygens (including phenoxy) is 1. The minimum absolute atomic E-state index is 0. The molecule has 0 saturated carbocycles. The SMILES string of the molecule is CCN(CC)c1ccc2c(c1)OC(=O)C(/C=C/C=C/c1cc(C(C)(C)C)oc3cc(=[N+](CCCS(=O)(=O)[O-])CCCS(=O)(=O)[O-])ccc1-3)C2=O.[Na+]. The van der Waals surface area contributed by atoms with Gasteiger partial charge in [-0.2, -0.15) is 0 Å². The molecule has 1 aliphatic carbocycles. The van der Waals surface area contributed by atoms with Crippen LogP contribution in [0.5, 0.6) is 5.75 Å². The maximum Gasteiger partial charge on any atom is 1.00 e. The number of ketones is 1. The molecule has 1 unspecified atom stereocenters. The Kier molecular flexibility index (Phi) is 14.6. The van der Waals surface area contributed by atoms with E-state index in [4.69, 9.17) is 9.15 Å². The van der Waals surface area contributed by atoms with Crippen molar-refractivity contribution < 1.29 is 74.2 Å². The zero-order valence-corrected chi connectivity index (χ0v) is 33.5. The number of hydrogen-bond donors (Lipinski definition) is 0. The van der Waals surface area contributed by atoms with Gasteiger partial charge in [0.25, 0.3) is 0 Å². The zero-order chi connectivity index (χ0) is 36.9. The van der Waals surface area contributed by atoms with Crippen LogP contribution in [-0.2, 0) is 30.4 Å². The summed E-state index contributed by atoms with van der Waals surface area (Å²) >= 11 is 0. The van der Waals surface area contributed by atoms with Gasteiger partial charge in [-0.05, 0) is 43.7 Å². The van der Waals surface area contributed by atoms with Gasteiger partial charge < -0.3 is 23.2 Å². The van der Waals surface area contributed by atoms with Crippen molar-refractivity contribution in [1.29, 1.82) is 0 Å². The van der Waals surface area contributed by atoms with Gasteiger partial charge >= 0.3 is 35.5 Å². The van der Waals surface area contributed by atoms with E-state index in [9.17, 15) is 35.5 Å². The van der Waals surface area contributed by atoms with E-state index in [1.54, 1.807) is 47.1 Å². The number of hydrogen-bond acceptors (Lipinski definition) is 11. The van der Waals surface area contributed by atoms with Gasteiger partial charge in [-0.15, -0.1) is 0 Å². The van der Waals surface area contributed by atoms with Gasteiger partial charge in [0.05, 0.1) is 31.9 Å². The third-order valence-electron chi connectivity index (χ3n) is 8.33. The van der Waals surface area contributed by atoms with Crippen LogP contribution in [0.2, 0.25) is 0 Å². The molecule has 1 aromatic carbocycles. The maximum atomic E-state index is 13.3. The Morgan fingerprint density at radius 2 is 1.47 bits per heavy atom. The quantitative estimate of drug-likeness (QED) is 0.0440. The van der Waals surface area contributed by atoms with E-state index in [2.05, 4.69) is 4.90 Å². The van der Waals surface area contributed by atoms with Crippen LogP contribution in [0.1, 0.15) is 69.1 Å². The molecule has 15 heteroatoms. The molecule has 270 valence electrons. The molecule has 51 heavy (non-hydrogen) atoms. The number of benzene rings is 2. The third-order valence-corrected chi connectivity index (χ3v) is 9.91. The monoisotopic (exact) mass is 750 g/mol. The first-order chi connectivity index (χ1) is 23.4. The van der Waals surface area contributed by atoms with E-state index in [0.717, 1.165) is 29.9 Å². The summed E-state index contributed by atoms with van der Waals surface area (Å²) in [7, 11) is -8.90. The number of Topliss-reactive ketones (excluding diaryl/α,β-unsaturated/α-hetero) is 1. The van der Waals surface area contributed by atoms with Crippen molar-refractivity contribution >= 4 is 43.8 Å². The molecule has 2 aliphatic heterocycles. The molecule has 1 aromatic rings. The number of fused-ring (bicyclic) bond motifs is 2. The molecule has 1 atom stereocenters. The topological polar surface area (TPSA) is 177 Å². The Hall–Kier alpha value is -3.11. The number of carbonyl (C=O) groups excluding carboxylic acids is 2. The second-order valence-corrected chi connectivity index (χ2v) is 16.1. The summed E-state index contributed by atoms with van der Waals surface area (Å²) in [5, 5.41) is 0.590. The average molecular weight is 751 g/mol. The molecule has 0 spiro atoms. The van der Waals surface area contributed by atoms with Crippen LogP contribution >= 0.6 is 0 Å². The van der Waals surface area contributed by atoms with Crippen LogP contribution in [0, 0.1) is 5.92 Å². The van der Waals surface area contributed by atoms with E-state index < -0.39 is 49.0 Å². The molecule has 0 saturated heterocycles. The summed E-state index contributed by atoms with van der Waals surface area (Å²) < 4.78 is 80.8. The molecule has 0 radical (unpaired) electrons. The number of esters is 1. The maximum absolute atomic E-state index is 13.3. The minimum Gasteiger partial charge on any atom is -0.748 e. The van der Waals surface area contributed by atoms with Gasteiger partial charge in [0, 0.05) is 66.2 Å². The number of rotatable bonds is 14. The molecule has 2 heterocycles. The smallest absolute Gasteiger partial charge is 0.748 e. The molecule has 0 amide bonds. The second kappa shape index (κ2) is 17.6. The largest absolute Gasteiger partial charge is 1.00 e. The van der Waals surface area contributed by atoms with Gasteiger partial charge in [0.2, 0.25) is 5.36 Å². The molecule has 0 fully saturated rings. The molecule has 4 rings (SSSR count). The van der Waals surface area contributed by atoms with Gasteiger partial charge in [0.15, 0.2) is 5.78 Å². The number of allylic oxidation sites excluding steroid dienone is 2. The molecular weight excluding hydrogens is 708 g/mol. The normalized spacial score (nSPS) is 15.2. The standard InChI is InChI=1S/C36H44N2O10S2.Na/c1-6-37(7-2)26-15-17-29-32(23-26)48-35(40)30(34(29)39)13-9-8-12-25-22-33(36(3,4)5)47-31-24-27(14-16-28(25)31)38(18-10-20-49(41,42)43)19-11-21-50(44,45)46;/h8-9,12-17,22-24,30H,6-7,10-11,18-21H2,1-5H3,(H-,41,42,43,44,45,46);/q;+1/p-1/b12-8+,13-9+;. The van der Waals surface area contributed by atoms with Crippen LogP contribution < -0.4 is 49.1 Å². The Morgan fingerprint density at radius 3 is 2.04 bits per heavy atom. The average Bonchev–Trinajstić information content (AvgIpc) is 3.02. The van der Waals surface area contributed by atoms with Gasteiger partial charge in [0.1, 0.15) is 36.3 Å². The minimum atomic E-state index is -4.45. The summed E-state index contributed by atoms with van der Waals surface area (Å²) in [5.41, 5.74) is 2.32. The molecular formula is C36H43N2NaO10S2. The Morgan fingerprint density at radius 1 is 0.863 bits per heavy atom. The van der Waals surface area contributed by atoms with Crippen molar-refractivity contribution in [2.45, 2.75) is 52.9 Å². The fraction of sp³-hybridized carbons (Fsp3) is 0.417. The first kappa shape index (κ1) is 42.3. The van der Waals surface area contributed by atoms with Crippen molar-refractivity contribution in [1.82, 2.24) is 4.58 Å². The summed E-state index contributed by atoms with van der Waals surface area (Å²) in [4.78, 5) is 28.2. The summed E-state index contributed by atoms with van der Waals surface area (Å²) in [6.07, 6.45) is 6.68. The fourth-order valence-electron chi connectivity index (χ4n) is 5.67. The van der Waals surface area contributed by atoms with Crippen molar-refractivity contribution in [3.8, 4) is 17.1 Å². The van der Waals surface area contributed by atoms with E-state index in [1.807, 2.05) is 52.8 Å². The van der Waals surface area contributed by atoms with Crippen molar-refractivity contribution in [3.05, 3.63) is 82.9 Å². The van der Waals surface area contributed by atoms with E-state index in [-0.39, 0.29) is 67.0 Å². The van der Waals surface area contributed by atoms with Crippen LogP contribution in [0.3, 0.4) is 0 Å². The van der Waals surface area contributed by atoms with Crippen molar-refractivity contribution in [2.24, 2.45) is 5.92 Å². The molecule has 12 nitrogen and oxygen atoms in total. The predicted octanol–water partition coefficient (Wildman–Crippen LogP) is 1.16. The number of nitrogens with zero attached hydrogens (tertiary/aromatic N) is 2. The molecule has 0 bridgehead atoms. The van der Waals surface area contributed by atoms with Crippen LogP contribution in [0.15, 0.2) is 65.1 Å². The molecule has 0 N–H and O–H groups in total. The summed E-state index contributed by atoms with van der Waals surface area (Å²) in [5.74, 6) is -1.88. The second-order valence-electron chi connectivity index (χ2n) is 13.1. The fourth-order valence-corrected chi connectivity index (χ4v) is 6.64. The van der Waals surface area contributed by atoms with Gasteiger partial charge in [-0.25, -0.2) is 21.4 Å². The Balaban J connectivity index is 0.00000702. The summed E-state index contributed by atoms with van der Waals surface area (Å²) in [6.45, 7) is 11.8. The van der Waals surface area contributed by atoms with E-state index in [1.165, 1.54) is 6.08 Å². The first-order valence-corrected chi connectivity index (χ1v) is 19.6. The molecule has 3 aliphatic rings. The van der Waals surface area contributed by atoms with Crippen molar-refractivity contribution in [3.63, 3.8) is 0 Å². The zero-order valence-electron chi connectivity index (χ0n) is 29.9. The summed E-state index contributed by atoms with van der Waals surface area (Å²) in [6, 6.07) is 12.5. The van der Waals surface area contributed by atoms with E-state index >= 15 is 0 Å². The molecule has 0 aromatic heterocycles. The van der Waals surface area contributed by atoms with Crippen LogP contribution in [-0.4, -0.2) is 75.4 Å². The Bertz CT molecular complexity index is 2020. The number of carbonyl (C=O) groups is 2. The van der Waals surface area contributed by atoms with Crippen LogP contribution in [0.25, 0.3) is 17.4 Å². The van der Waals surface area contributed by atoms with Crippen molar-refractivity contribution in [2.75, 3.05) is 42.6 Å². The van der Waals surface area contributed by atoms with Gasteiger partial charge in [-0.3, -0.25) is 9.59 Å². The Labute approximate surface area is 322 Å². The predicted molar refractivity (Wildman–Crippen MR) is 189 cm³/mol.